The molecule has 0 unspecified atom stereocenters. The number of carbonyl (C=O) groups excluding carboxylic acids is 2. The molecule has 0 amide bonds. The molecule has 0 N–H and O–H groups in total. The van der Waals surface area contributed by atoms with Crippen LogP contribution >= 0.6 is 0 Å². The number of aromatic nitrogens is 1. The van der Waals surface area contributed by atoms with Crippen LogP contribution in [0.15, 0.2) is 18.3 Å². The van der Waals surface area contributed by atoms with Gasteiger partial charge in [0.15, 0.2) is 6.29 Å². The van der Waals surface area contributed by atoms with Gasteiger partial charge < -0.3 is 4.74 Å². The van der Waals surface area contributed by atoms with Crippen LogP contribution in [0.3, 0.4) is 0 Å². The number of hydrogen-bond acceptors (Lipinski definition) is 4. The molecule has 0 radical (unpaired) electrons. The van der Waals surface area contributed by atoms with Crippen LogP contribution in [0.1, 0.15) is 53.5 Å². The number of esters is 1. The van der Waals surface area contributed by atoms with Crippen LogP contribution in [0.2, 0.25) is 0 Å². The first-order valence-corrected chi connectivity index (χ1v) is 5.86. The van der Waals surface area contributed by atoms with E-state index in [-0.39, 0.29) is 5.69 Å². The second-order valence-electron chi connectivity index (χ2n) is 3.78. The Morgan fingerprint density at radius 3 is 2.94 bits per heavy atom. The fourth-order valence-electron chi connectivity index (χ4n) is 1.42. The van der Waals surface area contributed by atoms with Gasteiger partial charge in [-0.05, 0) is 18.6 Å². The largest absolute Gasteiger partial charge is 0.462 e. The summed E-state index contributed by atoms with van der Waals surface area (Å²) in [6.45, 7) is 2.56. The van der Waals surface area contributed by atoms with Crippen molar-refractivity contribution >= 4 is 12.3 Å². The Labute approximate surface area is 101 Å². The zero-order chi connectivity index (χ0) is 12.5. The van der Waals surface area contributed by atoms with Crippen molar-refractivity contribution in [3.63, 3.8) is 0 Å². The average Bonchev–Trinajstić information content (AvgIpc) is 2.38. The molecule has 0 fully saturated rings. The van der Waals surface area contributed by atoms with Gasteiger partial charge in [0.25, 0.3) is 0 Å². The van der Waals surface area contributed by atoms with Crippen LogP contribution in [0, 0.1) is 0 Å². The molecule has 0 aliphatic carbocycles. The molecule has 17 heavy (non-hydrogen) atoms. The van der Waals surface area contributed by atoms with Crippen molar-refractivity contribution in [2.75, 3.05) is 6.61 Å². The number of unbranched alkanes of at least 4 members (excludes halogenated alkanes) is 3. The fourth-order valence-corrected chi connectivity index (χ4v) is 1.42. The second kappa shape index (κ2) is 7.54. The first-order valence-electron chi connectivity index (χ1n) is 5.86. The quantitative estimate of drug-likeness (QED) is 0.414. The number of pyridine rings is 1. The summed E-state index contributed by atoms with van der Waals surface area (Å²) in [6, 6.07) is 2.97. The smallest absolute Gasteiger partial charge is 0.338 e. The molecule has 0 aromatic carbocycles. The van der Waals surface area contributed by atoms with Crippen LogP contribution in [0.4, 0.5) is 0 Å². The molecule has 4 nitrogen and oxygen atoms in total. The maximum absolute atomic E-state index is 11.6. The normalized spacial score (nSPS) is 9.94. The predicted molar refractivity (Wildman–Crippen MR) is 64.0 cm³/mol. The molecule has 4 heteroatoms. The molecule has 0 spiro atoms. The van der Waals surface area contributed by atoms with E-state index in [2.05, 4.69) is 11.9 Å². The zero-order valence-corrected chi connectivity index (χ0v) is 10.0. The Morgan fingerprint density at radius 2 is 2.24 bits per heavy atom. The molecule has 1 aromatic heterocycles. The molecule has 0 aliphatic heterocycles. The van der Waals surface area contributed by atoms with Crippen molar-refractivity contribution in [1.82, 2.24) is 4.98 Å². The van der Waals surface area contributed by atoms with Gasteiger partial charge in [-0.3, -0.25) is 9.78 Å². The summed E-state index contributed by atoms with van der Waals surface area (Å²) < 4.78 is 5.09. The highest BCUT2D eigenvalue weighted by Crippen LogP contribution is 2.04. The lowest BCUT2D eigenvalue weighted by atomic mass is 10.2. The number of aldehydes is 1. The van der Waals surface area contributed by atoms with E-state index in [4.69, 9.17) is 4.74 Å². The van der Waals surface area contributed by atoms with E-state index in [1.54, 1.807) is 6.07 Å². The van der Waals surface area contributed by atoms with Crippen LogP contribution in [0.5, 0.6) is 0 Å². The van der Waals surface area contributed by atoms with Crippen molar-refractivity contribution in [3.8, 4) is 0 Å². The Balaban J connectivity index is 2.38. The Kier molecular flexibility index (Phi) is 5.93. The van der Waals surface area contributed by atoms with Crippen molar-refractivity contribution in [2.24, 2.45) is 0 Å². The maximum atomic E-state index is 11.6. The summed E-state index contributed by atoms with van der Waals surface area (Å²) >= 11 is 0. The minimum Gasteiger partial charge on any atom is -0.462 e. The summed E-state index contributed by atoms with van der Waals surface area (Å²) in [7, 11) is 0. The lowest BCUT2D eigenvalue weighted by molar-refractivity contribution is 0.0497. The lowest BCUT2D eigenvalue weighted by Gasteiger charge is -2.04. The third kappa shape index (κ3) is 4.76. The van der Waals surface area contributed by atoms with Gasteiger partial charge in [-0.1, -0.05) is 26.2 Å². The van der Waals surface area contributed by atoms with Gasteiger partial charge in [-0.2, -0.15) is 0 Å². The van der Waals surface area contributed by atoms with E-state index >= 15 is 0 Å². The molecule has 1 rings (SSSR count). The van der Waals surface area contributed by atoms with E-state index < -0.39 is 5.97 Å². The molecule has 1 heterocycles. The van der Waals surface area contributed by atoms with Crippen LogP contribution in [-0.2, 0) is 4.74 Å². The Bertz CT molecular complexity index is 377. The van der Waals surface area contributed by atoms with Crippen molar-refractivity contribution in [2.45, 2.75) is 32.6 Å². The molecular formula is C13H17NO3. The highest BCUT2D eigenvalue weighted by atomic mass is 16.5. The fraction of sp³-hybridized carbons (Fsp3) is 0.462. The summed E-state index contributed by atoms with van der Waals surface area (Å²) in [6.07, 6.45) is 6.30. The highest BCUT2D eigenvalue weighted by Gasteiger charge is 2.07. The summed E-state index contributed by atoms with van der Waals surface area (Å²) in [4.78, 5) is 25.9. The molecule has 0 atom stereocenters. The minimum atomic E-state index is -0.396. The van der Waals surface area contributed by atoms with E-state index in [0.29, 0.717) is 18.5 Å². The van der Waals surface area contributed by atoms with E-state index in [0.717, 1.165) is 25.7 Å². The van der Waals surface area contributed by atoms with Gasteiger partial charge in [-0.25, -0.2) is 4.79 Å². The molecule has 92 valence electrons. The summed E-state index contributed by atoms with van der Waals surface area (Å²) in [5, 5.41) is 0. The number of ether oxygens (including phenoxy) is 1. The van der Waals surface area contributed by atoms with Crippen molar-refractivity contribution in [1.29, 1.82) is 0 Å². The Hall–Kier alpha value is -1.71. The number of carbonyl (C=O) groups is 2. The van der Waals surface area contributed by atoms with Crippen LogP contribution in [0.25, 0.3) is 0 Å². The molecule has 0 bridgehead atoms. The molecule has 0 saturated carbocycles. The summed E-state index contributed by atoms with van der Waals surface area (Å²) in [5.41, 5.74) is 0.614. The second-order valence-corrected chi connectivity index (χ2v) is 3.78. The SMILES string of the molecule is CCCCCCOC(=O)c1ccnc(C=O)c1. The third-order valence-electron chi connectivity index (χ3n) is 2.37. The minimum absolute atomic E-state index is 0.241. The van der Waals surface area contributed by atoms with Crippen molar-refractivity contribution < 1.29 is 14.3 Å². The topological polar surface area (TPSA) is 56.3 Å². The van der Waals surface area contributed by atoms with Gasteiger partial charge in [0.1, 0.15) is 5.69 Å². The third-order valence-corrected chi connectivity index (χ3v) is 2.37. The van der Waals surface area contributed by atoms with Gasteiger partial charge in [0.05, 0.1) is 12.2 Å². The van der Waals surface area contributed by atoms with Gasteiger partial charge >= 0.3 is 5.97 Å². The molecule has 0 aliphatic rings. The maximum Gasteiger partial charge on any atom is 0.338 e. The van der Waals surface area contributed by atoms with Gasteiger partial charge in [-0.15, -0.1) is 0 Å². The molecule has 0 saturated heterocycles. The first-order chi connectivity index (χ1) is 8.27. The molecule has 1 aromatic rings. The zero-order valence-electron chi connectivity index (χ0n) is 10.0. The highest BCUT2D eigenvalue weighted by molar-refractivity contribution is 5.90. The summed E-state index contributed by atoms with van der Waals surface area (Å²) in [5.74, 6) is -0.396. The Morgan fingerprint density at radius 1 is 1.41 bits per heavy atom. The monoisotopic (exact) mass is 235 g/mol. The molecular weight excluding hydrogens is 218 g/mol. The van der Waals surface area contributed by atoms with Gasteiger partial charge in [0, 0.05) is 6.20 Å². The number of hydrogen-bond donors (Lipinski definition) is 0. The van der Waals surface area contributed by atoms with Gasteiger partial charge in [0.2, 0.25) is 0 Å². The predicted octanol–water partition coefficient (Wildman–Crippen LogP) is 2.63. The number of rotatable bonds is 7. The standard InChI is InChI=1S/C13H17NO3/c1-2-3-4-5-8-17-13(16)11-6-7-14-12(9-11)10-15/h6-7,9-10H,2-5,8H2,1H3. The van der Waals surface area contributed by atoms with Crippen LogP contribution < -0.4 is 0 Å². The van der Waals surface area contributed by atoms with Crippen LogP contribution in [-0.4, -0.2) is 23.8 Å². The van der Waals surface area contributed by atoms with Crippen molar-refractivity contribution in [3.05, 3.63) is 29.6 Å². The number of nitrogens with zero attached hydrogens (tertiary/aromatic N) is 1. The van der Waals surface area contributed by atoms with E-state index in [9.17, 15) is 9.59 Å². The lowest BCUT2D eigenvalue weighted by Crippen LogP contribution is -2.07. The first kappa shape index (κ1) is 13.4. The van der Waals surface area contributed by atoms with E-state index in [1.807, 2.05) is 0 Å². The average molecular weight is 235 g/mol. The van der Waals surface area contributed by atoms with E-state index in [1.165, 1.54) is 12.3 Å².